The van der Waals surface area contributed by atoms with E-state index in [4.69, 9.17) is 5.73 Å². The number of alkyl halides is 5. The molecule has 0 aliphatic heterocycles. The molecule has 2 aromatic rings. The maximum absolute atomic E-state index is 13.1. The number of nitrogens with one attached hydrogen (secondary N) is 1. The number of primary amides is 1. The summed E-state index contributed by atoms with van der Waals surface area (Å²) in [6, 6.07) is 2.94. The fourth-order valence-corrected chi connectivity index (χ4v) is 4.93. The molecule has 10 heteroatoms. The normalized spacial score (nSPS) is 23.9. The molecule has 2 saturated carbocycles. The second kappa shape index (κ2) is 9.54. The van der Waals surface area contributed by atoms with Gasteiger partial charge in [-0.1, -0.05) is 12.8 Å². The van der Waals surface area contributed by atoms with Crippen LogP contribution < -0.4 is 11.2 Å². The number of hydrogen-bond acceptors (Lipinski definition) is 3. The quantitative estimate of drug-likeness (QED) is 0.605. The van der Waals surface area contributed by atoms with Crippen LogP contribution in [-0.2, 0) is 0 Å². The van der Waals surface area contributed by atoms with Crippen molar-refractivity contribution in [3.63, 3.8) is 0 Å². The molecule has 0 aromatic carbocycles. The van der Waals surface area contributed by atoms with Gasteiger partial charge in [-0.05, 0) is 43.6 Å². The Bertz CT molecular complexity index is 990. The Morgan fingerprint density at radius 3 is 2.38 bits per heavy atom. The lowest BCUT2D eigenvalue weighted by Crippen LogP contribution is -2.39. The maximum atomic E-state index is 13.1. The number of rotatable bonds is 2. The van der Waals surface area contributed by atoms with E-state index in [9.17, 15) is 31.5 Å². The van der Waals surface area contributed by atoms with Gasteiger partial charge in [0.15, 0.2) is 5.43 Å². The summed E-state index contributed by atoms with van der Waals surface area (Å²) in [6.07, 6.45) is 0.972. The zero-order valence-electron chi connectivity index (χ0n) is 17.4. The third-order valence-corrected chi connectivity index (χ3v) is 6.51. The van der Waals surface area contributed by atoms with Crippen LogP contribution in [-0.4, -0.2) is 28.0 Å². The van der Waals surface area contributed by atoms with Crippen molar-refractivity contribution in [2.45, 2.75) is 63.5 Å². The highest BCUT2D eigenvalue weighted by molar-refractivity contribution is 6.03. The third-order valence-electron chi connectivity index (χ3n) is 6.51. The molecular weight excluding hydrogens is 433 g/mol. The largest absolute Gasteiger partial charge is 0.392 e. The number of H-pyrrole nitrogens is 1. The van der Waals surface area contributed by atoms with Crippen LogP contribution in [0.4, 0.5) is 22.0 Å². The summed E-state index contributed by atoms with van der Waals surface area (Å²) in [5, 5.41) is 0.238. The Hall–Kier alpha value is -2.52. The zero-order chi connectivity index (χ0) is 23.5. The van der Waals surface area contributed by atoms with E-state index < -0.39 is 29.8 Å². The molecule has 2 aromatic heterocycles. The van der Waals surface area contributed by atoms with Gasteiger partial charge < -0.3 is 10.7 Å². The number of fused-ring (bicyclic) bond motifs is 1. The predicted molar refractivity (Wildman–Crippen MR) is 109 cm³/mol. The molecule has 0 spiro atoms. The van der Waals surface area contributed by atoms with Crippen LogP contribution >= 0.6 is 0 Å². The molecule has 4 rings (SSSR count). The van der Waals surface area contributed by atoms with Crippen molar-refractivity contribution < 1.29 is 26.7 Å². The van der Waals surface area contributed by atoms with Gasteiger partial charge in [-0.2, -0.15) is 13.2 Å². The van der Waals surface area contributed by atoms with Gasteiger partial charge in [0.25, 0.3) is 5.91 Å². The Labute approximate surface area is 181 Å². The Kier molecular flexibility index (Phi) is 7.19. The van der Waals surface area contributed by atoms with Crippen LogP contribution in [0.15, 0.2) is 29.3 Å². The monoisotopic (exact) mass is 459 g/mol. The molecule has 32 heavy (non-hydrogen) atoms. The van der Waals surface area contributed by atoms with Crippen molar-refractivity contribution in [2.24, 2.45) is 23.5 Å². The molecule has 0 radical (unpaired) electrons. The van der Waals surface area contributed by atoms with E-state index in [-0.39, 0.29) is 54.5 Å². The minimum Gasteiger partial charge on any atom is -0.364 e. The number of halogens is 5. The van der Waals surface area contributed by atoms with Gasteiger partial charge in [-0.3, -0.25) is 14.6 Å². The summed E-state index contributed by atoms with van der Waals surface area (Å²) in [5.74, 6) is -5.19. The number of carbonyl (C=O) groups is 1. The van der Waals surface area contributed by atoms with Gasteiger partial charge in [0.05, 0.1) is 16.8 Å². The first kappa shape index (κ1) is 24.1. The lowest BCUT2D eigenvalue weighted by atomic mass is 9.67. The van der Waals surface area contributed by atoms with E-state index in [1.807, 2.05) is 0 Å². The lowest BCUT2D eigenvalue weighted by molar-refractivity contribution is -0.205. The van der Waals surface area contributed by atoms with Crippen molar-refractivity contribution in [3.8, 4) is 0 Å². The average molecular weight is 459 g/mol. The molecule has 1 amide bonds. The van der Waals surface area contributed by atoms with Crippen LogP contribution in [0.25, 0.3) is 10.9 Å². The van der Waals surface area contributed by atoms with Gasteiger partial charge >= 0.3 is 6.18 Å². The SMILES string of the molecule is FC1(F)CCC(C2CCCCC2C(F)(F)F)CC1.NC(=O)c1nccc2[nH]ccc(=O)c12. The number of aromatic amines is 1. The summed E-state index contributed by atoms with van der Waals surface area (Å²) in [4.78, 5) is 29.0. The fraction of sp³-hybridized carbons (Fsp3) is 0.591. The van der Waals surface area contributed by atoms with E-state index in [1.165, 1.54) is 18.5 Å². The van der Waals surface area contributed by atoms with Crippen LogP contribution in [0.3, 0.4) is 0 Å². The molecule has 2 heterocycles. The standard InChI is InChI=1S/C13H19F5.C9H7N3O2/c14-12(15)7-5-9(6-8-12)10-3-1-2-4-11(10)13(16,17)18;10-9(14)8-7-5(1-3-12-8)11-4-2-6(7)13/h9-11H,1-8H2;1-4H,(H2,10,14)(H,11,13). The van der Waals surface area contributed by atoms with Gasteiger partial charge in [-0.25, -0.2) is 8.78 Å². The first-order chi connectivity index (χ1) is 15.0. The van der Waals surface area contributed by atoms with Crippen LogP contribution in [0.2, 0.25) is 0 Å². The molecule has 3 N–H and O–H groups in total. The number of amides is 1. The Morgan fingerprint density at radius 1 is 1.09 bits per heavy atom. The highest BCUT2D eigenvalue weighted by Gasteiger charge is 2.49. The molecule has 2 aliphatic rings. The first-order valence-electron chi connectivity index (χ1n) is 10.7. The summed E-state index contributed by atoms with van der Waals surface area (Å²) in [6.45, 7) is 0. The van der Waals surface area contributed by atoms with Gasteiger partial charge in [0, 0.05) is 31.3 Å². The van der Waals surface area contributed by atoms with Gasteiger partial charge in [0.2, 0.25) is 5.92 Å². The minimum absolute atomic E-state index is 0.00403. The summed E-state index contributed by atoms with van der Waals surface area (Å²) in [5.41, 5.74) is 5.39. The Morgan fingerprint density at radius 2 is 1.75 bits per heavy atom. The van der Waals surface area contributed by atoms with Gasteiger partial charge in [0.1, 0.15) is 5.69 Å². The average Bonchev–Trinajstić information content (AvgIpc) is 2.73. The van der Waals surface area contributed by atoms with E-state index in [0.29, 0.717) is 18.4 Å². The fourth-order valence-electron chi connectivity index (χ4n) is 4.93. The van der Waals surface area contributed by atoms with E-state index in [1.54, 1.807) is 6.07 Å². The Balaban J connectivity index is 0.000000186. The van der Waals surface area contributed by atoms with Crippen molar-refractivity contribution >= 4 is 16.8 Å². The molecule has 176 valence electrons. The van der Waals surface area contributed by atoms with Gasteiger partial charge in [-0.15, -0.1) is 0 Å². The topological polar surface area (TPSA) is 88.8 Å². The number of nitrogens with two attached hydrogens (primary N) is 1. The molecule has 2 fully saturated rings. The second-order valence-corrected chi connectivity index (χ2v) is 8.58. The molecule has 2 atom stereocenters. The first-order valence-corrected chi connectivity index (χ1v) is 10.7. The van der Waals surface area contributed by atoms with Crippen LogP contribution in [0, 0.1) is 17.8 Å². The number of hydrogen-bond donors (Lipinski definition) is 2. The lowest BCUT2D eigenvalue weighted by Gasteiger charge is -2.41. The van der Waals surface area contributed by atoms with E-state index >= 15 is 0 Å². The number of aromatic nitrogens is 2. The number of pyridine rings is 2. The highest BCUT2D eigenvalue weighted by Crippen LogP contribution is 2.49. The highest BCUT2D eigenvalue weighted by atomic mass is 19.4. The van der Waals surface area contributed by atoms with Crippen molar-refractivity contribution in [1.82, 2.24) is 9.97 Å². The van der Waals surface area contributed by atoms with Crippen LogP contribution in [0.1, 0.15) is 61.9 Å². The molecule has 5 nitrogen and oxygen atoms in total. The maximum Gasteiger partial charge on any atom is 0.392 e. The molecular formula is C22H26F5N3O2. The van der Waals surface area contributed by atoms with Crippen molar-refractivity contribution in [2.75, 3.05) is 0 Å². The molecule has 0 saturated heterocycles. The number of carbonyl (C=O) groups excluding carboxylic acids is 1. The molecule has 0 bridgehead atoms. The van der Waals surface area contributed by atoms with Crippen molar-refractivity contribution in [3.05, 3.63) is 40.4 Å². The van der Waals surface area contributed by atoms with E-state index in [0.717, 1.165) is 6.42 Å². The van der Waals surface area contributed by atoms with E-state index in [2.05, 4.69) is 9.97 Å². The minimum atomic E-state index is -4.16. The molecule has 2 unspecified atom stereocenters. The number of nitrogens with zero attached hydrogens (tertiary/aromatic N) is 1. The summed E-state index contributed by atoms with van der Waals surface area (Å²) < 4.78 is 65.0. The summed E-state index contributed by atoms with van der Waals surface area (Å²) in [7, 11) is 0. The second-order valence-electron chi connectivity index (χ2n) is 8.58. The predicted octanol–water partition coefficient (Wildman–Crippen LogP) is 5.20. The zero-order valence-corrected chi connectivity index (χ0v) is 17.4. The van der Waals surface area contributed by atoms with Crippen LogP contribution in [0.5, 0.6) is 0 Å². The smallest absolute Gasteiger partial charge is 0.364 e. The summed E-state index contributed by atoms with van der Waals surface area (Å²) >= 11 is 0. The molecule has 2 aliphatic carbocycles. The van der Waals surface area contributed by atoms with Crippen molar-refractivity contribution in [1.29, 1.82) is 0 Å². The third kappa shape index (κ3) is 5.63.